The standard InChI is InChI=1S/C19H17O2S.HI/c1-21-16-12-14-19(15-13-16)22(20,17-8-4-2-5-9-17)18-10-6-3-7-11-18;/h2-15H,1H3;1H/q+1;/p-1. The van der Waals surface area contributed by atoms with Crippen LogP contribution in [0.3, 0.4) is 0 Å². The average Bonchev–Trinajstić information content (AvgIpc) is 2.62. The van der Waals surface area contributed by atoms with E-state index in [-0.39, 0.29) is 24.0 Å². The number of methoxy groups -OCH3 is 1. The fourth-order valence-electron chi connectivity index (χ4n) is 2.40. The number of benzene rings is 3. The molecule has 0 atom stereocenters. The average molecular weight is 436 g/mol. The maximum atomic E-state index is 13.9. The van der Waals surface area contributed by atoms with Gasteiger partial charge in [-0.15, -0.1) is 0 Å². The maximum Gasteiger partial charge on any atom is 0.182 e. The molecule has 0 aliphatic rings. The van der Waals surface area contributed by atoms with Crippen molar-refractivity contribution in [3.8, 4) is 5.75 Å². The van der Waals surface area contributed by atoms with Gasteiger partial charge in [0, 0.05) is 0 Å². The molecule has 2 nitrogen and oxygen atoms in total. The monoisotopic (exact) mass is 436 g/mol. The molecule has 23 heavy (non-hydrogen) atoms. The van der Waals surface area contributed by atoms with E-state index >= 15 is 0 Å². The van der Waals surface area contributed by atoms with E-state index in [1.807, 2.05) is 84.9 Å². The zero-order valence-electron chi connectivity index (χ0n) is 12.7. The molecule has 0 bridgehead atoms. The van der Waals surface area contributed by atoms with Crippen molar-refractivity contribution in [3.63, 3.8) is 0 Å². The lowest BCUT2D eigenvalue weighted by Crippen LogP contribution is -3.00. The van der Waals surface area contributed by atoms with E-state index in [0.29, 0.717) is 0 Å². The lowest BCUT2D eigenvalue weighted by Gasteiger charge is -2.12. The molecular formula is C19H17IO2S. The van der Waals surface area contributed by atoms with Gasteiger partial charge in [0.25, 0.3) is 0 Å². The first-order chi connectivity index (χ1) is 10.7. The molecule has 4 heteroatoms. The molecule has 0 saturated heterocycles. The molecule has 3 aromatic carbocycles. The van der Waals surface area contributed by atoms with Gasteiger partial charge >= 0.3 is 0 Å². The highest BCUT2D eigenvalue weighted by Gasteiger charge is 2.37. The number of ether oxygens (including phenoxy) is 1. The van der Waals surface area contributed by atoms with Gasteiger partial charge in [0.05, 0.1) is 7.11 Å². The fourth-order valence-corrected chi connectivity index (χ4v) is 4.82. The zero-order chi connectivity index (χ0) is 15.4. The molecule has 0 heterocycles. The molecule has 0 aliphatic heterocycles. The third kappa shape index (κ3) is 3.48. The van der Waals surface area contributed by atoms with Crippen molar-refractivity contribution in [2.45, 2.75) is 14.7 Å². The molecule has 0 N–H and O–H groups in total. The summed E-state index contributed by atoms with van der Waals surface area (Å²) in [5.74, 6) is 0.756. The molecule has 3 aromatic rings. The summed E-state index contributed by atoms with van der Waals surface area (Å²) in [4.78, 5) is 2.41. The fraction of sp³-hybridized carbons (Fsp3) is 0.0526. The summed E-state index contributed by atoms with van der Waals surface area (Å²) < 4.78 is 19.1. The van der Waals surface area contributed by atoms with Crippen molar-refractivity contribution in [2.24, 2.45) is 0 Å². The van der Waals surface area contributed by atoms with Gasteiger partial charge in [0.1, 0.15) is 5.75 Å². The lowest BCUT2D eigenvalue weighted by atomic mass is 10.3. The summed E-state index contributed by atoms with van der Waals surface area (Å²) in [6.45, 7) is 0. The number of rotatable bonds is 4. The van der Waals surface area contributed by atoms with Gasteiger partial charge in [-0.3, -0.25) is 0 Å². The second-order valence-electron chi connectivity index (χ2n) is 4.86. The summed E-state index contributed by atoms with van der Waals surface area (Å²) in [5, 5.41) is 0. The van der Waals surface area contributed by atoms with Crippen LogP contribution in [0.1, 0.15) is 0 Å². The first-order valence-electron chi connectivity index (χ1n) is 7.03. The maximum absolute atomic E-state index is 13.9. The van der Waals surface area contributed by atoms with Gasteiger partial charge in [-0.05, 0) is 48.5 Å². The topological polar surface area (TPSA) is 26.3 Å². The van der Waals surface area contributed by atoms with E-state index in [0.717, 1.165) is 20.4 Å². The van der Waals surface area contributed by atoms with Crippen LogP contribution in [0.15, 0.2) is 99.6 Å². The Labute approximate surface area is 155 Å². The third-order valence-electron chi connectivity index (χ3n) is 3.54. The lowest BCUT2D eigenvalue weighted by molar-refractivity contribution is -0.00000603. The van der Waals surface area contributed by atoms with Crippen LogP contribution in [0, 0.1) is 0 Å². The highest BCUT2D eigenvalue weighted by atomic mass is 127. The summed E-state index contributed by atoms with van der Waals surface area (Å²) in [6, 6.07) is 26.7. The molecular weight excluding hydrogens is 419 g/mol. The Kier molecular flexibility index (Phi) is 5.96. The highest BCUT2D eigenvalue weighted by molar-refractivity contribution is 8.03. The second kappa shape index (κ2) is 7.75. The summed E-state index contributed by atoms with van der Waals surface area (Å²) in [5.41, 5.74) is 0. The predicted molar refractivity (Wildman–Crippen MR) is 88.7 cm³/mol. The van der Waals surface area contributed by atoms with Crippen molar-refractivity contribution in [1.29, 1.82) is 0 Å². The molecule has 0 fully saturated rings. The number of hydrogen-bond donors (Lipinski definition) is 0. The SMILES string of the molecule is COc1ccc([S+](=O)(c2ccccc2)c2ccccc2)cc1.[I-]. The van der Waals surface area contributed by atoms with Crippen LogP contribution in [-0.4, -0.2) is 7.11 Å². The Balaban J connectivity index is 0.00000192. The van der Waals surface area contributed by atoms with Crippen LogP contribution in [0.4, 0.5) is 0 Å². The van der Waals surface area contributed by atoms with Crippen LogP contribution < -0.4 is 28.7 Å². The van der Waals surface area contributed by atoms with Crippen LogP contribution >= 0.6 is 0 Å². The van der Waals surface area contributed by atoms with Crippen molar-refractivity contribution in [1.82, 2.24) is 0 Å². The molecule has 118 valence electrons. The van der Waals surface area contributed by atoms with E-state index in [1.165, 1.54) is 0 Å². The molecule has 0 aliphatic carbocycles. The van der Waals surface area contributed by atoms with Gasteiger partial charge < -0.3 is 28.7 Å². The first-order valence-corrected chi connectivity index (χ1v) is 8.59. The van der Waals surface area contributed by atoms with Crippen LogP contribution in [0.25, 0.3) is 0 Å². The van der Waals surface area contributed by atoms with Gasteiger partial charge in [0.15, 0.2) is 24.6 Å². The van der Waals surface area contributed by atoms with E-state index in [1.54, 1.807) is 7.11 Å². The Morgan fingerprint density at radius 1 is 0.652 bits per heavy atom. The van der Waals surface area contributed by atoms with Gasteiger partial charge in [-0.2, -0.15) is 0 Å². The Morgan fingerprint density at radius 2 is 1.04 bits per heavy atom. The summed E-state index contributed by atoms with van der Waals surface area (Å²) in [7, 11) is -0.880. The zero-order valence-corrected chi connectivity index (χ0v) is 15.7. The van der Waals surface area contributed by atoms with Crippen molar-refractivity contribution < 1.29 is 32.9 Å². The van der Waals surface area contributed by atoms with Crippen molar-refractivity contribution in [3.05, 3.63) is 84.9 Å². The molecule has 0 aromatic heterocycles. The van der Waals surface area contributed by atoms with E-state index in [9.17, 15) is 4.21 Å². The predicted octanol–water partition coefficient (Wildman–Crippen LogP) is 1.68. The Hall–Kier alpha value is -1.66. The van der Waals surface area contributed by atoms with Gasteiger partial charge in [0.2, 0.25) is 0 Å². The Bertz CT molecular complexity index is 743. The van der Waals surface area contributed by atoms with E-state index < -0.39 is 9.93 Å². The normalized spacial score (nSPS) is 10.7. The Morgan fingerprint density at radius 3 is 1.43 bits per heavy atom. The number of hydrogen-bond acceptors (Lipinski definition) is 2. The summed E-state index contributed by atoms with van der Waals surface area (Å²) in [6.07, 6.45) is 0. The molecule has 0 unspecified atom stereocenters. The smallest absolute Gasteiger partial charge is 0.182 e. The second-order valence-corrected chi connectivity index (χ2v) is 7.38. The molecule has 0 amide bonds. The largest absolute Gasteiger partial charge is 1.00 e. The minimum Gasteiger partial charge on any atom is -1.00 e. The third-order valence-corrected chi connectivity index (χ3v) is 6.35. The van der Waals surface area contributed by atoms with Gasteiger partial charge in [-0.1, -0.05) is 40.6 Å². The van der Waals surface area contributed by atoms with Gasteiger partial charge in [-0.25, -0.2) is 0 Å². The molecule has 0 spiro atoms. The summed E-state index contributed by atoms with van der Waals surface area (Å²) >= 11 is 0. The molecule has 0 saturated carbocycles. The van der Waals surface area contributed by atoms with E-state index in [2.05, 4.69) is 0 Å². The minimum atomic E-state index is -2.51. The van der Waals surface area contributed by atoms with Crippen molar-refractivity contribution in [2.75, 3.05) is 7.11 Å². The van der Waals surface area contributed by atoms with Crippen LogP contribution in [-0.2, 0) is 14.1 Å². The van der Waals surface area contributed by atoms with E-state index in [4.69, 9.17) is 4.74 Å². The van der Waals surface area contributed by atoms with Crippen LogP contribution in [0.2, 0.25) is 0 Å². The highest BCUT2D eigenvalue weighted by Crippen LogP contribution is 2.36. The molecule has 3 rings (SSSR count). The van der Waals surface area contributed by atoms with Crippen molar-refractivity contribution >= 4 is 9.93 Å². The quantitative estimate of drug-likeness (QED) is 0.460. The molecule has 0 radical (unpaired) electrons. The first kappa shape index (κ1) is 17.7. The van der Waals surface area contributed by atoms with Crippen LogP contribution in [0.5, 0.6) is 5.75 Å². The number of halogens is 1. The minimum absolute atomic E-state index is 0.